The molecule has 5 rings (SSSR count). The molecule has 10 atom stereocenters. The predicted octanol–water partition coefficient (Wildman–Crippen LogP) is 6.06. The van der Waals surface area contributed by atoms with Crippen molar-refractivity contribution in [1.82, 2.24) is 0 Å². The molecule has 0 heterocycles. The van der Waals surface area contributed by atoms with Crippen molar-refractivity contribution in [3.63, 3.8) is 0 Å². The van der Waals surface area contributed by atoms with Crippen molar-refractivity contribution in [2.75, 3.05) is 7.11 Å². The Hall–Kier alpha value is -0.870. The summed E-state index contributed by atoms with van der Waals surface area (Å²) in [5, 5.41) is 28.0. The van der Waals surface area contributed by atoms with Crippen molar-refractivity contribution < 1.29 is 20.1 Å². The molecular formula is C29H48O4. The summed E-state index contributed by atoms with van der Waals surface area (Å²) in [7, 11) is 1.00. The van der Waals surface area contributed by atoms with Gasteiger partial charge in [0.05, 0.1) is 11.5 Å². The third kappa shape index (κ3) is 3.18. The fourth-order valence-corrected chi connectivity index (χ4v) is 10.4. The van der Waals surface area contributed by atoms with Gasteiger partial charge in [0.2, 0.25) is 0 Å². The number of fused-ring (bicyclic) bond motifs is 7. The molecule has 0 amide bonds. The monoisotopic (exact) mass is 460 g/mol. The van der Waals surface area contributed by atoms with Gasteiger partial charge in [0.1, 0.15) is 0 Å². The quantitative estimate of drug-likeness (QED) is 0.416. The first kappa shape index (κ1) is 25.2. The van der Waals surface area contributed by atoms with Crippen LogP contribution in [-0.4, -0.2) is 34.5 Å². The van der Waals surface area contributed by atoms with Gasteiger partial charge in [-0.3, -0.25) is 4.79 Å². The molecule has 4 heteroatoms. The predicted molar refractivity (Wildman–Crippen MR) is 132 cm³/mol. The van der Waals surface area contributed by atoms with Crippen LogP contribution < -0.4 is 0 Å². The summed E-state index contributed by atoms with van der Waals surface area (Å²) in [5.74, 6) is 1.79. The van der Waals surface area contributed by atoms with Crippen LogP contribution in [0.3, 0.4) is 0 Å². The molecule has 3 N–H and O–H groups in total. The van der Waals surface area contributed by atoms with E-state index in [1.54, 1.807) is 0 Å². The molecule has 5 aliphatic rings. The lowest BCUT2D eigenvalue weighted by molar-refractivity contribution is -0.187. The number of rotatable bonds is 1. The summed E-state index contributed by atoms with van der Waals surface area (Å²) in [6.07, 6.45) is 13.0. The summed E-state index contributed by atoms with van der Waals surface area (Å²) in [5.41, 5.74) is 1.62. The fourth-order valence-electron chi connectivity index (χ4n) is 10.4. The van der Waals surface area contributed by atoms with Gasteiger partial charge in [-0.1, -0.05) is 59.1 Å². The normalized spacial score (nSPS) is 53.2. The van der Waals surface area contributed by atoms with Crippen LogP contribution in [0.4, 0.5) is 0 Å². The first-order valence-corrected chi connectivity index (χ1v) is 13.6. The Morgan fingerprint density at radius 3 is 2.33 bits per heavy atom. The maximum atomic E-state index is 12.7. The van der Waals surface area contributed by atoms with Crippen LogP contribution in [0.25, 0.3) is 0 Å². The second-order valence-electron chi connectivity index (χ2n) is 13.1. The average Bonchev–Trinajstić information content (AvgIpc) is 2.78. The first-order valence-electron chi connectivity index (χ1n) is 13.6. The van der Waals surface area contributed by atoms with Crippen molar-refractivity contribution in [3.05, 3.63) is 11.6 Å². The molecule has 0 aromatic carbocycles. The zero-order valence-electron chi connectivity index (χ0n) is 21.9. The molecule has 0 aromatic heterocycles. The minimum absolute atomic E-state index is 0.110. The van der Waals surface area contributed by atoms with Crippen molar-refractivity contribution in [3.8, 4) is 0 Å². The van der Waals surface area contributed by atoms with E-state index in [2.05, 4.69) is 40.7 Å². The van der Waals surface area contributed by atoms with E-state index in [4.69, 9.17) is 5.11 Å². The molecule has 0 saturated heterocycles. The maximum Gasteiger partial charge on any atom is 0.310 e. The smallest absolute Gasteiger partial charge is 0.310 e. The van der Waals surface area contributed by atoms with Gasteiger partial charge in [-0.05, 0) is 97.2 Å². The lowest BCUT2D eigenvalue weighted by atomic mass is 9.34. The zero-order chi connectivity index (χ0) is 24.4. The van der Waals surface area contributed by atoms with Crippen molar-refractivity contribution in [2.45, 2.75) is 105 Å². The second-order valence-corrected chi connectivity index (χ2v) is 13.1. The van der Waals surface area contributed by atoms with Gasteiger partial charge in [-0.15, -0.1) is 0 Å². The molecule has 5 unspecified atom stereocenters. The highest BCUT2D eigenvalue weighted by Gasteiger charge is 2.68. The van der Waals surface area contributed by atoms with Gasteiger partial charge in [0.25, 0.3) is 0 Å². The number of hydrogen-bond donors (Lipinski definition) is 3. The second kappa shape index (κ2) is 8.36. The van der Waals surface area contributed by atoms with Crippen molar-refractivity contribution in [1.29, 1.82) is 0 Å². The number of allylic oxidation sites excluding steroid dienone is 2. The van der Waals surface area contributed by atoms with Crippen molar-refractivity contribution in [2.24, 2.45) is 51.2 Å². The number of aliphatic hydroxyl groups is 2. The summed E-state index contributed by atoms with van der Waals surface area (Å²) in [6, 6.07) is 0. The highest BCUT2D eigenvalue weighted by molar-refractivity contribution is 5.76. The molecule has 0 aliphatic heterocycles. The highest BCUT2D eigenvalue weighted by Crippen LogP contribution is 2.74. The summed E-state index contributed by atoms with van der Waals surface area (Å²) >= 11 is 0. The lowest BCUT2D eigenvalue weighted by Gasteiger charge is -2.70. The van der Waals surface area contributed by atoms with E-state index in [0.29, 0.717) is 23.7 Å². The van der Waals surface area contributed by atoms with E-state index in [1.165, 1.54) is 24.8 Å². The molecule has 4 nitrogen and oxygen atoms in total. The Balaban J connectivity index is 0.00000126. The summed E-state index contributed by atoms with van der Waals surface area (Å²) < 4.78 is 0. The molecular weight excluding hydrogens is 412 g/mol. The number of carbonyl (C=O) groups is 1. The van der Waals surface area contributed by atoms with Crippen molar-refractivity contribution >= 4 is 5.97 Å². The van der Waals surface area contributed by atoms with Crippen LogP contribution >= 0.6 is 0 Å². The van der Waals surface area contributed by atoms with E-state index in [9.17, 15) is 15.0 Å². The van der Waals surface area contributed by atoms with Gasteiger partial charge in [-0.2, -0.15) is 0 Å². The van der Waals surface area contributed by atoms with E-state index in [0.717, 1.165) is 52.1 Å². The Morgan fingerprint density at radius 1 is 0.970 bits per heavy atom. The molecule has 5 aliphatic carbocycles. The van der Waals surface area contributed by atoms with E-state index in [-0.39, 0.29) is 28.3 Å². The first-order chi connectivity index (χ1) is 15.5. The number of carboxylic acids is 1. The van der Waals surface area contributed by atoms with Crippen LogP contribution in [0.1, 0.15) is 98.8 Å². The minimum atomic E-state index is -0.537. The molecule has 0 bridgehead atoms. The number of hydrogen-bond acceptors (Lipinski definition) is 3. The molecule has 33 heavy (non-hydrogen) atoms. The lowest BCUT2D eigenvalue weighted by Crippen LogP contribution is -2.63. The molecule has 4 fully saturated rings. The zero-order valence-corrected chi connectivity index (χ0v) is 21.9. The Labute approximate surface area is 201 Å². The Kier molecular flexibility index (Phi) is 6.39. The fraction of sp³-hybridized carbons (Fsp3) is 0.897. The van der Waals surface area contributed by atoms with Gasteiger partial charge < -0.3 is 15.3 Å². The van der Waals surface area contributed by atoms with Crippen LogP contribution in [0.2, 0.25) is 0 Å². The number of aliphatic hydroxyl groups excluding tert-OH is 2. The Bertz CT molecular complexity index is 805. The highest BCUT2D eigenvalue weighted by atomic mass is 16.4. The average molecular weight is 461 g/mol. The molecule has 0 radical (unpaired) electrons. The molecule has 0 spiro atoms. The van der Waals surface area contributed by atoms with E-state index >= 15 is 0 Å². The SMILES string of the molecule is CO.C[C@@H]1C2CCC3(C)C(CC=C4C5[C@@H](C)CCC[C@]5(C(=O)O)CC[C@]43C)C2(C)CC[C@H]1O. The van der Waals surface area contributed by atoms with E-state index in [1.807, 2.05) is 0 Å². The number of aliphatic carboxylic acids is 1. The standard InChI is InChI=1S/C28H44O3.CH4O/c1-17-7-6-12-28(24(30)31)16-15-26(4)20(23(17)28)8-9-22-25(3)13-11-21(29)18(2)19(25)10-14-27(22,26)5;1-2/h8,17-19,21-23,29H,6-7,9-16H2,1-5H3,(H,30,31);2H,1H3/t17-,18+,19?,21+,22?,23?,25?,26+,27?,28-;/m0./s1. The van der Waals surface area contributed by atoms with Crippen LogP contribution in [0, 0.1) is 51.2 Å². The summed E-state index contributed by atoms with van der Waals surface area (Å²) in [4.78, 5) is 12.7. The molecule has 0 aromatic rings. The van der Waals surface area contributed by atoms with E-state index < -0.39 is 11.4 Å². The largest absolute Gasteiger partial charge is 0.481 e. The van der Waals surface area contributed by atoms with Gasteiger partial charge in [0, 0.05) is 7.11 Å². The van der Waals surface area contributed by atoms with Crippen LogP contribution in [-0.2, 0) is 4.79 Å². The van der Waals surface area contributed by atoms with Gasteiger partial charge >= 0.3 is 5.97 Å². The Morgan fingerprint density at radius 2 is 1.67 bits per heavy atom. The minimum Gasteiger partial charge on any atom is -0.481 e. The van der Waals surface area contributed by atoms with Crippen LogP contribution in [0.15, 0.2) is 11.6 Å². The van der Waals surface area contributed by atoms with Gasteiger partial charge in [0.15, 0.2) is 0 Å². The third-order valence-corrected chi connectivity index (χ3v) is 12.4. The topological polar surface area (TPSA) is 77.8 Å². The van der Waals surface area contributed by atoms with Crippen LogP contribution in [0.5, 0.6) is 0 Å². The number of carboxylic acid groups (broad SMARTS) is 1. The van der Waals surface area contributed by atoms with Gasteiger partial charge in [-0.25, -0.2) is 0 Å². The maximum absolute atomic E-state index is 12.7. The molecule has 188 valence electrons. The summed E-state index contributed by atoms with van der Waals surface area (Å²) in [6.45, 7) is 12.2. The third-order valence-electron chi connectivity index (χ3n) is 12.4. The molecule has 4 saturated carbocycles.